The van der Waals surface area contributed by atoms with Gasteiger partial charge < -0.3 is 15.3 Å². The van der Waals surface area contributed by atoms with E-state index in [9.17, 15) is 0 Å². The Morgan fingerprint density at radius 2 is 2.00 bits per heavy atom. The number of hydrogen-bond acceptors (Lipinski definition) is 3. The number of rotatable bonds is 2. The maximum Gasteiger partial charge on any atom is 0.0877 e. The third kappa shape index (κ3) is 1.32. The van der Waals surface area contributed by atoms with Gasteiger partial charge in [-0.3, -0.25) is 0 Å². The summed E-state index contributed by atoms with van der Waals surface area (Å²) in [6.45, 7) is 1.61. The zero-order valence-electron chi connectivity index (χ0n) is 8.98. The van der Waals surface area contributed by atoms with Crippen LogP contribution in [0.25, 0.3) is 10.8 Å². The molecule has 1 aliphatic heterocycles. The van der Waals surface area contributed by atoms with Crippen molar-refractivity contribution in [1.82, 2.24) is 0 Å². The molecule has 0 spiro atoms. The van der Waals surface area contributed by atoms with E-state index in [0.29, 0.717) is 6.54 Å². The van der Waals surface area contributed by atoms with Crippen LogP contribution in [0, 0.1) is 0 Å². The Morgan fingerprint density at radius 3 is 2.81 bits per heavy atom. The number of aliphatic hydroxyl groups excluding tert-OH is 1. The highest BCUT2D eigenvalue weighted by Gasteiger charge is 2.16. The second-order valence-corrected chi connectivity index (χ2v) is 4.00. The topological polar surface area (TPSA) is 35.5 Å². The van der Waals surface area contributed by atoms with E-state index in [1.54, 1.807) is 0 Å². The minimum absolute atomic E-state index is 0.181. The van der Waals surface area contributed by atoms with Crippen molar-refractivity contribution in [3.63, 3.8) is 0 Å². The van der Waals surface area contributed by atoms with Crippen LogP contribution in [0.3, 0.4) is 0 Å². The van der Waals surface area contributed by atoms with Crippen LogP contribution in [0.4, 0.5) is 11.4 Å². The van der Waals surface area contributed by atoms with Crippen LogP contribution in [0.15, 0.2) is 36.4 Å². The Bertz CT molecular complexity index is 519. The van der Waals surface area contributed by atoms with Gasteiger partial charge in [-0.1, -0.05) is 24.3 Å². The SMILES string of the molecule is OCCN1CNc2cccc3cccc1c23. The number of nitrogens with one attached hydrogen (secondary N) is 1. The molecule has 1 aliphatic rings. The summed E-state index contributed by atoms with van der Waals surface area (Å²) in [5, 5.41) is 14.9. The highest BCUT2D eigenvalue weighted by Crippen LogP contribution is 2.35. The fourth-order valence-corrected chi connectivity index (χ4v) is 2.32. The largest absolute Gasteiger partial charge is 0.395 e. The second-order valence-electron chi connectivity index (χ2n) is 4.00. The molecule has 82 valence electrons. The Hall–Kier alpha value is -1.74. The van der Waals surface area contributed by atoms with Crippen molar-refractivity contribution in [2.45, 2.75) is 0 Å². The summed E-state index contributed by atoms with van der Waals surface area (Å²) in [6.07, 6.45) is 0. The predicted molar refractivity (Wildman–Crippen MR) is 66.9 cm³/mol. The van der Waals surface area contributed by atoms with Crippen molar-refractivity contribution in [1.29, 1.82) is 0 Å². The van der Waals surface area contributed by atoms with Gasteiger partial charge in [-0.25, -0.2) is 0 Å². The molecule has 0 amide bonds. The quantitative estimate of drug-likeness (QED) is 0.802. The fraction of sp³-hybridized carbons (Fsp3) is 0.231. The molecule has 1 heterocycles. The standard InChI is InChI=1S/C13H14N2O/c16-8-7-15-9-14-11-5-1-3-10-4-2-6-12(15)13(10)11/h1-6,14,16H,7-9H2. The summed E-state index contributed by atoms with van der Waals surface area (Å²) < 4.78 is 0. The second kappa shape index (κ2) is 3.68. The average molecular weight is 214 g/mol. The number of anilines is 2. The number of aliphatic hydroxyl groups is 1. The van der Waals surface area contributed by atoms with Crippen molar-refractivity contribution in [2.24, 2.45) is 0 Å². The summed E-state index contributed by atoms with van der Waals surface area (Å²) in [4.78, 5) is 2.16. The predicted octanol–water partition coefficient (Wildman–Crippen LogP) is 2.02. The van der Waals surface area contributed by atoms with E-state index in [1.165, 1.54) is 22.1 Å². The van der Waals surface area contributed by atoms with Crippen LogP contribution in [-0.4, -0.2) is 24.9 Å². The molecule has 16 heavy (non-hydrogen) atoms. The lowest BCUT2D eigenvalue weighted by Crippen LogP contribution is -2.34. The molecule has 2 N–H and O–H groups in total. The van der Waals surface area contributed by atoms with Gasteiger partial charge in [-0.05, 0) is 17.5 Å². The highest BCUT2D eigenvalue weighted by atomic mass is 16.3. The first-order valence-corrected chi connectivity index (χ1v) is 5.51. The van der Waals surface area contributed by atoms with Crippen LogP contribution in [0.1, 0.15) is 0 Å². The molecular formula is C13H14N2O. The smallest absolute Gasteiger partial charge is 0.0877 e. The van der Waals surface area contributed by atoms with E-state index >= 15 is 0 Å². The molecule has 2 aromatic rings. The van der Waals surface area contributed by atoms with Gasteiger partial charge in [0.25, 0.3) is 0 Å². The highest BCUT2D eigenvalue weighted by molar-refractivity contribution is 6.04. The maximum atomic E-state index is 9.05. The summed E-state index contributed by atoms with van der Waals surface area (Å²) in [5.41, 5.74) is 2.39. The Kier molecular flexibility index (Phi) is 2.18. The van der Waals surface area contributed by atoms with Crippen LogP contribution < -0.4 is 10.2 Å². The lowest BCUT2D eigenvalue weighted by molar-refractivity contribution is 0.302. The minimum atomic E-state index is 0.181. The van der Waals surface area contributed by atoms with Gasteiger partial charge in [0, 0.05) is 23.3 Å². The maximum absolute atomic E-state index is 9.05. The van der Waals surface area contributed by atoms with Crippen molar-refractivity contribution in [3.05, 3.63) is 36.4 Å². The van der Waals surface area contributed by atoms with Gasteiger partial charge in [0.05, 0.1) is 13.3 Å². The van der Waals surface area contributed by atoms with E-state index in [2.05, 4.69) is 46.6 Å². The third-order valence-corrected chi connectivity index (χ3v) is 3.05. The van der Waals surface area contributed by atoms with E-state index in [4.69, 9.17) is 5.11 Å². The Morgan fingerprint density at radius 1 is 1.19 bits per heavy atom. The normalized spacial score (nSPS) is 13.9. The minimum Gasteiger partial charge on any atom is -0.395 e. The molecule has 0 aliphatic carbocycles. The Labute approximate surface area is 94.3 Å². The fourth-order valence-electron chi connectivity index (χ4n) is 2.32. The van der Waals surface area contributed by atoms with Crippen LogP contribution in [-0.2, 0) is 0 Å². The van der Waals surface area contributed by atoms with Gasteiger partial charge >= 0.3 is 0 Å². The molecule has 0 radical (unpaired) electrons. The molecule has 2 aromatic carbocycles. The molecule has 0 fully saturated rings. The molecule has 0 saturated heterocycles. The van der Waals surface area contributed by atoms with Crippen LogP contribution in [0.5, 0.6) is 0 Å². The summed E-state index contributed by atoms with van der Waals surface area (Å²) in [5.74, 6) is 0. The molecule has 0 aromatic heterocycles. The molecule has 0 bridgehead atoms. The van der Waals surface area contributed by atoms with Crippen molar-refractivity contribution >= 4 is 22.1 Å². The molecule has 0 unspecified atom stereocenters. The van der Waals surface area contributed by atoms with Gasteiger partial charge in [-0.2, -0.15) is 0 Å². The van der Waals surface area contributed by atoms with Gasteiger partial charge in [0.2, 0.25) is 0 Å². The lowest BCUT2D eigenvalue weighted by atomic mass is 10.0. The van der Waals surface area contributed by atoms with Crippen molar-refractivity contribution < 1.29 is 5.11 Å². The number of β-amino-alcohol motifs (C(OH)–C–C–N with tert-alkyl or cyclic N) is 1. The van der Waals surface area contributed by atoms with E-state index in [1.807, 2.05) is 0 Å². The number of benzene rings is 2. The summed E-state index contributed by atoms with van der Waals surface area (Å²) >= 11 is 0. The van der Waals surface area contributed by atoms with Gasteiger partial charge in [-0.15, -0.1) is 0 Å². The van der Waals surface area contributed by atoms with E-state index < -0.39 is 0 Å². The first-order valence-electron chi connectivity index (χ1n) is 5.51. The van der Waals surface area contributed by atoms with Crippen LogP contribution in [0.2, 0.25) is 0 Å². The molecule has 0 saturated carbocycles. The van der Waals surface area contributed by atoms with Crippen LogP contribution >= 0.6 is 0 Å². The number of nitrogens with zero attached hydrogens (tertiary/aromatic N) is 1. The summed E-state index contributed by atoms with van der Waals surface area (Å²) in [7, 11) is 0. The summed E-state index contributed by atoms with van der Waals surface area (Å²) in [6, 6.07) is 12.6. The van der Waals surface area contributed by atoms with Gasteiger partial charge in [0.15, 0.2) is 0 Å². The van der Waals surface area contributed by atoms with Gasteiger partial charge in [0.1, 0.15) is 0 Å². The van der Waals surface area contributed by atoms with Crippen molar-refractivity contribution in [3.8, 4) is 0 Å². The van der Waals surface area contributed by atoms with E-state index in [0.717, 1.165) is 6.67 Å². The number of hydrogen-bond donors (Lipinski definition) is 2. The molecular weight excluding hydrogens is 200 g/mol. The zero-order chi connectivity index (χ0) is 11.0. The third-order valence-electron chi connectivity index (χ3n) is 3.05. The molecule has 3 nitrogen and oxygen atoms in total. The Balaban J connectivity index is 2.23. The average Bonchev–Trinajstić information content (AvgIpc) is 2.33. The van der Waals surface area contributed by atoms with E-state index in [-0.39, 0.29) is 6.61 Å². The lowest BCUT2D eigenvalue weighted by Gasteiger charge is -2.31. The molecule has 3 heteroatoms. The zero-order valence-corrected chi connectivity index (χ0v) is 8.98. The monoisotopic (exact) mass is 214 g/mol. The molecule has 0 atom stereocenters. The molecule has 3 rings (SSSR count). The van der Waals surface area contributed by atoms with Crippen molar-refractivity contribution in [2.75, 3.05) is 30.0 Å². The first kappa shape index (κ1) is 9.48. The first-order chi connectivity index (χ1) is 7.90.